The van der Waals surface area contributed by atoms with Crippen molar-refractivity contribution in [2.45, 2.75) is 19.3 Å². The van der Waals surface area contributed by atoms with Crippen molar-refractivity contribution in [2.75, 3.05) is 6.54 Å². The third-order valence-corrected chi connectivity index (χ3v) is 3.22. The van der Waals surface area contributed by atoms with Gasteiger partial charge >= 0.3 is 5.97 Å². The first-order valence-corrected chi connectivity index (χ1v) is 6.05. The largest absolute Gasteiger partial charge is 0.481 e. The standard InChI is InChI=1S/C12H17N3O3/c1-15-7-13-6-10(15)11(16)14-5-9(12(17)18)4-8-2-3-8/h6-9H,2-5H2,1H3,(H,14,16)(H,17,18). The number of aromatic nitrogens is 2. The van der Waals surface area contributed by atoms with Gasteiger partial charge in [-0.3, -0.25) is 9.59 Å². The van der Waals surface area contributed by atoms with Crippen molar-refractivity contribution in [1.82, 2.24) is 14.9 Å². The topological polar surface area (TPSA) is 84.2 Å². The van der Waals surface area contributed by atoms with Gasteiger partial charge < -0.3 is 15.0 Å². The summed E-state index contributed by atoms with van der Waals surface area (Å²) in [6, 6.07) is 0. The van der Waals surface area contributed by atoms with E-state index in [1.807, 2.05) is 0 Å². The molecule has 0 aliphatic heterocycles. The Labute approximate surface area is 105 Å². The van der Waals surface area contributed by atoms with E-state index in [1.54, 1.807) is 11.6 Å². The van der Waals surface area contributed by atoms with Crippen LogP contribution in [0.2, 0.25) is 0 Å². The van der Waals surface area contributed by atoms with Gasteiger partial charge in [-0.2, -0.15) is 0 Å². The fourth-order valence-corrected chi connectivity index (χ4v) is 1.91. The van der Waals surface area contributed by atoms with Gasteiger partial charge in [0.1, 0.15) is 5.69 Å². The Hall–Kier alpha value is -1.85. The van der Waals surface area contributed by atoms with E-state index in [1.165, 1.54) is 12.5 Å². The molecule has 98 valence electrons. The van der Waals surface area contributed by atoms with Gasteiger partial charge in [-0.25, -0.2) is 4.98 Å². The number of carboxylic acids is 1. The fourth-order valence-electron chi connectivity index (χ4n) is 1.91. The minimum absolute atomic E-state index is 0.176. The third-order valence-electron chi connectivity index (χ3n) is 3.22. The Morgan fingerprint density at radius 2 is 2.33 bits per heavy atom. The van der Waals surface area contributed by atoms with Gasteiger partial charge in [0, 0.05) is 13.6 Å². The molecule has 1 aromatic heterocycles. The molecule has 0 bridgehead atoms. The number of nitrogens with zero attached hydrogens (tertiary/aromatic N) is 2. The summed E-state index contributed by atoms with van der Waals surface area (Å²) in [5, 5.41) is 11.7. The summed E-state index contributed by atoms with van der Waals surface area (Å²) in [6.45, 7) is 0.176. The molecule has 0 spiro atoms. The van der Waals surface area contributed by atoms with E-state index >= 15 is 0 Å². The van der Waals surface area contributed by atoms with Crippen LogP contribution in [0.5, 0.6) is 0 Å². The van der Waals surface area contributed by atoms with E-state index in [-0.39, 0.29) is 12.5 Å². The van der Waals surface area contributed by atoms with E-state index in [0.717, 1.165) is 12.8 Å². The molecule has 2 rings (SSSR count). The second kappa shape index (κ2) is 5.20. The normalized spacial score (nSPS) is 16.3. The lowest BCUT2D eigenvalue weighted by atomic mass is 10.0. The quantitative estimate of drug-likeness (QED) is 0.777. The average molecular weight is 251 g/mol. The minimum atomic E-state index is -0.841. The number of amides is 1. The minimum Gasteiger partial charge on any atom is -0.481 e. The van der Waals surface area contributed by atoms with Gasteiger partial charge in [-0.05, 0) is 12.3 Å². The highest BCUT2D eigenvalue weighted by molar-refractivity contribution is 5.92. The summed E-state index contributed by atoms with van der Waals surface area (Å²) in [5.41, 5.74) is 0.436. The van der Waals surface area contributed by atoms with Gasteiger partial charge in [0.2, 0.25) is 0 Å². The Morgan fingerprint density at radius 3 is 2.83 bits per heavy atom. The molecule has 1 amide bonds. The molecule has 1 unspecified atom stereocenters. The molecule has 1 aliphatic carbocycles. The molecular formula is C12H17N3O3. The zero-order chi connectivity index (χ0) is 13.1. The predicted octanol–water partition coefficient (Wildman–Crippen LogP) is 0.651. The van der Waals surface area contributed by atoms with Crippen LogP contribution < -0.4 is 5.32 Å². The van der Waals surface area contributed by atoms with Crippen LogP contribution in [0.4, 0.5) is 0 Å². The Morgan fingerprint density at radius 1 is 1.61 bits per heavy atom. The zero-order valence-corrected chi connectivity index (χ0v) is 10.3. The second-order valence-electron chi connectivity index (χ2n) is 4.81. The lowest BCUT2D eigenvalue weighted by molar-refractivity contribution is -0.141. The molecule has 18 heavy (non-hydrogen) atoms. The number of carbonyl (C=O) groups is 2. The summed E-state index contributed by atoms with van der Waals surface area (Å²) in [7, 11) is 1.72. The van der Waals surface area contributed by atoms with Crippen LogP contribution in [0.1, 0.15) is 29.8 Å². The zero-order valence-electron chi connectivity index (χ0n) is 10.3. The molecule has 1 heterocycles. The first kappa shape index (κ1) is 12.6. The smallest absolute Gasteiger partial charge is 0.308 e. The number of hydrogen-bond donors (Lipinski definition) is 2. The van der Waals surface area contributed by atoms with E-state index in [9.17, 15) is 9.59 Å². The molecular weight excluding hydrogens is 234 g/mol. The number of rotatable bonds is 6. The maximum Gasteiger partial charge on any atom is 0.308 e. The van der Waals surface area contributed by atoms with Crippen LogP contribution in [0.3, 0.4) is 0 Å². The second-order valence-corrected chi connectivity index (χ2v) is 4.81. The van der Waals surface area contributed by atoms with Crippen molar-refractivity contribution in [2.24, 2.45) is 18.9 Å². The number of hydrogen-bond acceptors (Lipinski definition) is 3. The molecule has 2 N–H and O–H groups in total. The maximum absolute atomic E-state index is 11.8. The molecule has 0 saturated heterocycles. The van der Waals surface area contributed by atoms with Crippen LogP contribution >= 0.6 is 0 Å². The number of nitrogens with one attached hydrogen (secondary N) is 1. The highest BCUT2D eigenvalue weighted by Gasteiger charge is 2.29. The molecule has 0 aromatic carbocycles. The van der Waals surface area contributed by atoms with Crippen LogP contribution in [-0.2, 0) is 11.8 Å². The van der Waals surface area contributed by atoms with Gasteiger partial charge in [0.25, 0.3) is 5.91 Å². The number of carbonyl (C=O) groups excluding carboxylic acids is 1. The van der Waals surface area contributed by atoms with Gasteiger partial charge in [0.05, 0.1) is 18.4 Å². The Bertz CT molecular complexity index is 451. The van der Waals surface area contributed by atoms with E-state index in [0.29, 0.717) is 18.0 Å². The van der Waals surface area contributed by atoms with E-state index in [4.69, 9.17) is 5.11 Å². The lowest BCUT2D eigenvalue weighted by Gasteiger charge is -2.12. The Kier molecular flexibility index (Phi) is 3.64. The number of carboxylic acid groups (broad SMARTS) is 1. The number of aryl methyl sites for hydroxylation is 1. The summed E-state index contributed by atoms with van der Waals surface area (Å²) < 4.78 is 1.60. The van der Waals surface area contributed by atoms with E-state index < -0.39 is 11.9 Å². The van der Waals surface area contributed by atoms with Gasteiger partial charge in [-0.1, -0.05) is 12.8 Å². The molecule has 0 radical (unpaired) electrons. The first-order chi connectivity index (χ1) is 8.58. The van der Waals surface area contributed by atoms with Crippen molar-refractivity contribution in [3.8, 4) is 0 Å². The average Bonchev–Trinajstić information content (AvgIpc) is 3.04. The van der Waals surface area contributed by atoms with Crippen LogP contribution in [0.25, 0.3) is 0 Å². The van der Waals surface area contributed by atoms with E-state index in [2.05, 4.69) is 10.3 Å². The van der Waals surface area contributed by atoms with Crippen molar-refractivity contribution in [3.05, 3.63) is 18.2 Å². The van der Waals surface area contributed by atoms with Gasteiger partial charge in [0.15, 0.2) is 0 Å². The highest BCUT2D eigenvalue weighted by atomic mass is 16.4. The molecule has 1 aliphatic rings. The molecule has 6 heteroatoms. The molecule has 1 fully saturated rings. The van der Waals surface area contributed by atoms with Crippen LogP contribution in [0, 0.1) is 11.8 Å². The van der Waals surface area contributed by atoms with Crippen molar-refractivity contribution in [1.29, 1.82) is 0 Å². The Balaban J connectivity index is 1.87. The van der Waals surface area contributed by atoms with Crippen molar-refractivity contribution < 1.29 is 14.7 Å². The summed E-state index contributed by atoms with van der Waals surface area (Å²) in [4.78, 5) is 26.7. The third kappa shape index (κ3) is 3.09. The molecule has 1 atom stereocenters. The molecule has 6 nitrogen and oxygen atoms in total. The molecule has 1 saturated carbocycles. The fraction of sp³-hybridized carbons (Fsp3) is 0.583. The maximum atomic E-state index is 11.8. The number of aliphatic carboxylic acids is 1. The highest BCUT2D eigenvalue weighted by Crippen LogP contribution is 2.35. The summed E-state index contributed by atoms with van der Waals surface area (Å²) >= 11 is 0. The number of imidazole rings is 1. The lowest BCUT2D eigenvalue weighted by Crippen LogP contribution is -2.34. The predicted molar refractivity (Wildman–Crippen MR) is 64.0 cm³/mol. The summed E-state index contributed by atoms with van der Waals surface area (Å²) in [6.07, 6.45) is 5.87. The van der Waals surface area contributed by atoms with Gasteiger partial charge in [-0.15, -0.1) is 0 Å². The van der Waals surface area contributed by atoms with Crippen molar-refractivity contribution in [3.63, 3.8) is 0 Å². The monoisotopic (exact) mass is 251 g/mol. The van der Waals surface area contributed by atoms with Crippen LogP contribution in [0.15, 0.2) is 12.5 Å². The SMILES string of the molecule is Cn1cncc1C(=O)NCC(CC1CC1)C(=O)O. The first-order valence-electron chi connectivity index (χ1n) is 6.05. The summed E-state index contributed by atoms with van der Waals surface area (Å²) in [5.74, 6) is -1.08. The van der Waals surface area contributed by atoms with Crippen LogP contribution in [-0.4, -0.2) is 33.1 Å². The molecule has 1 aromatic rings. The van der Waals surface area contributed by atoms with Crippen molar-refractivity contribution >= 4 is 11.9 Å².